The molecule has 0 radical (unpaired) electrons. The van der Waals surface area contributed by atoms with Gasteiger partial charge in [-0.15, -0.1) is 0 Å². The maximum absolute atomic E-state index is 12.0. The number of carbonyl (C=O) groups excluding carboxylic acids is 1. The van der Waals surface area contributed by atoms with Gasteiger partial charge in [-0.3, -0.25) is 9.09 Å². The molecule has 15 nitrogen and oxygen atoms in total. The summed E-state index contributed by atoms with van der Waals surface area (Å²) in [5, 5.41) is 13.0. The van der Waals surface area contributed by atoms with Crippen LogP contribution in [0.1, 0.15) is 6.23 Å². The number of amides is 1. The first-order valence-electron chi connectivity index (χ1n) is 8.51. The van der Waals surface area contributed by atoms with Gasteiger partial charge in [0.1, 0.15) is 23.4 Å². The molecule has 2 aromatic heterocycles. The summed E-state index contributed by atoms with van der Waals surface area (Å²) in [6.45, 7) is -0.379. The minimum Gasteiger partial charge on any atom is -0.439 e. The number of imidazole rings is 1. The summed E-state index contributed by atoms with van der Waals surface area (Å²) in [7, 11) is -4.83. The number of phosphoric ester groups is 1. The van der Waals surface area contributed by atoms with Gasteiger partial charge in [0.05, 0.1) is 12.9 Å². The molecule has 0 bridgehead atoms. The zero-order chi connectivity index (χ0) is 22.1. The van der Waals surface area contributed by atoms with Crippen LogP contribution in [0.15, 0.2) is 6.33 Å². The second kappa shape index (κ2) is 8.91. The van der Waals surface area contributed by atoms with Gasteiger partial charge in [0.2, 0.25) is 0 Å². The van der Waals surface area contributed by atoms with Gasteiger partial charge in [-0.1, -0.05) is 12.2 Å². The predicted octanol–water partition coefficient (Wildman–Crippen LogP) is -1.51. The molecule has 2 aromatic rings. The summed E-state index contributed by atoms with van der Waals surface area (Å²) in [5.74, 6) is -0.00710. The zero-order valence-electron chi connectivity index (χ0n) is 15.2. The molecule has 17 heteroatoms. The van der Waals surface area contributed by atoms with E-state index in [9.17, 15) is 14.5 Å². The van der Waals surface area contributed by atoms with E-state index in [1.54, 1.807) is 0 Å². The number of nitrogens with zero attached hydrogens (tertiary/aromatic N) is 3. The number of hydrogen-bond acceptors (Lipinski definition) is 11. The third-order valence-electron chi connectivity index (χ3n) is 4.12. The van der Waals surface area contributed by atoms with E-state index in [0.29, 0.717) is 0 Å². The van der Waals surface area contributed by atoms with Crippen molar-refractivity contribution in [2.45, 2.75) is 24.5 Å². The molecule has 1 aliphatic heterocycles. The molecule has 4 atom stereocenters. The van der Waals surface area contributed by atoms with Crippen molar-refractivity contribution in [2.75, 3.05) is 25.4 Å². The first-order valence-corrected chi connectivity index (χ1v) is 10.4. The highest BCUT2D eigenvalue weighted by atomic mass is 32.1. The smallest absolute Gasteiger partial charge is 0.439 e. The number of alkyl carbamates (subject to hydrolysis) is 1. The Morgan fingerprint density at radius 2 is 2.23 bits per heavy atom. The number of rotatable bonds is 7. The topological polar surface area (TPSA) is 233 Å². The molecular weight excluding hydrogens is 445 g/mol. The van der Waals surface area contributed by atoms with Crippen molar-refractivity contribution in [3.05, 3.63) is 11.0 Å². The van der Waals surface area contributed by atoms with Crippen molar-refractivity contribution in [1.29, 1.82) is 0 Å². The van der Waals surface area contributed by atoms with Crippen molar-refractivity contribution < 1.29 is 38.3 Å². The van der Waals surface area contributed by atoms with Crippen LogP contribution in [0.2, 0.25) is 0 Å². The summed E-state index contributed by atoms with van der Waals surface area (Å²) < 4.78 is 27.9. The Morgan fingerprint density at radius 1 is 1.50 bits per heavy atom. The number of anilines is 1. The van der Waals surface area contributed by atoms with Crippen LogP contribution in [-0.2, 0) is 18.6 Å². The van der Waals surface area contributed by atoms with Crippen LogP contribution in [0.3, 0.4) is 0 Å². The second-order valence-electron chi connectivity index (χ2n) is 6.20. The number of fused-ring (bicyclic) bond motifs is 1. The molecule has 1 fully saturated rings. The monoisotopic (exact) mass is 465 g/mol. The fraction of sp³-hybridized carbons (Fsp3) is 0.538. The standard InChI is InChI=1S/C13H20N7O8PS/c14-1-2-16-13(22)28-8-7(21)5(3-26-29(23,24)25)27-11(8)20-4-17-6-9(20)18-12(15)19-10(6)30/h4-5,7-8,11,21H,1-3,14H2,(H,16,22)(H2,23,24,25)(H3,15,18,19,30)/t5-,7-,8-,11-/m1/s1. The van der Waals surface area contributed by atoms with Gasteiger partial charge in [0.25, 0.3) is 0 Å². The summed E-state index contributed by atoms with van der Waals surface area (Å²) in [6.07, 6.45) is -4.78. The number of nitrogen functional groups attached to an aromatic ring is 1. The van der Waals surface area contributed by atoms with Crippen LogP contribution in [0, 0.1) is 4.64 Å². The van der Waals surface area contributed by atoms with E-state index in [1.165, 1.54) is 10.9 Å². The van der Waals surface area contributed by atoms with Gasteiger partial charge in [0.15, 0.2) is 22.9 Å². The normalized spacial score (nSPS) is 24.3. The van der Waals surface area contributed by atoms with Gasteiger partial charge in [0, 0.05) is 13.1 Å². The van der Waals surface area contributed by atoms with Crippen molar-refractivity contribution in [3.8, 4) is 0 Å². The number of ether oxygens (including phenoxy) is 2. The zero-order valence-corrected chi connectivity index (χ0v) is 17.0. The number of aromatic amines is 1. The molecule has 166 valence electrons. The molecule has 1 saturated heterocycles. The van der Waals surface area contributed by atoms with Crippen molar-refractivity contribution in [3.63, 3.8) is 0 Å². The quantitative estimate of drug-likeness (QED) is 0.182. The Kier molecular flexibility index (Phi) is 6.68. The number of aromatic nitrogens is 4. The first-order chi connectivity index (χ1) is 14.1. The Hall–Kier alpha value is -2.17. The third-order valence-corrected chi connectivity index (χ3v) is 4.89. The van der Waals surface area contributed by atoms with Crippen LogP contribution in [-0.4, -0.2) is 78.5 Å². The minimum atomic E-state index is -4.83. The number of hydrogen-bond donors (Lipinski definition) is 7. The number of nitrogens with two attached hydrogens (primary N) is 2. The lowest BCUT2D eigenvalue weighted by molar-refractivity contribution is -0.0522. The maximum Gasteiger partial charge on any atom is 0.469 e. The number of aliphatic hydroxyl groups is 1. The van der Waals surface area contributed by atoms with Crippen LogP contribution in [0.4, 0.5) is 10.7 Å². The van der Waals surface area contributed by atoms with E-state index in [0.717, 1.165) is 0 Å². The van der Waals surface area contributed by atoms with E-state index >= 15 is 0 Å². The molecule has 1 aliphatic rings. The lowest BCUT2D eigenvalue weighted by Crippen LogP contribution is -2.40. The number of nitrogens with one attached hydrogen (secondary N) is 2. The summed E-state index contributed by atoms with van der Waals surface area (Å²) in [4.78, 5) is 40.6. The molecule has 0 spiro atoms. The number of carbonyl (C=O) groups is 1. The van der Waals surface area contributed by atoms with Crippen LogP contribution in [0.25, 0.3) is 11.2 Å². The molecule has 3 heterocycles. The van der Waals surface area contributed by atoms with Gasteiger partial charge < -0.3 is 46.1 Å². The second-order valence-corrected chi connectivity index (χ2v) is 7.83. The molecule has 0 aliphatic carbocycles. The van der Waals surface area contributed by atoms with E-state index < -0.39 is 45.1 Å². The van der Waals surface area contributed by atoms with Gasteiger partial charge in [-0.25, -0.2) is 19.3 Å². The lowest BCUT2D eigenvalue weighted by Gasteiger charge is -2.22. The molecule has 30 heavy (non-hydrogen) atoms. The number of aliphatic hydroxyl groups excluding tert-OH is 1. The van der Waals surface area contributed by atoms with E-state index in [2.05, 4.69) is 24.8 Å². The van der Waals surface area contributed by atoms with E-state index in [-0.39, 0.29) is 34.8 Å². The summed E-state index contributed by atoms with van der Waals surface area (Å²) >= 11 is 5.11. The molecule has 3 rings (SSSR count). The van der Waals surface area contributed by atoms with Crippen molar-refractivity contribution in [1.82, 2.24) is 24.8 Å². The summed E-state index contributed by atoms with van der Waals surface area (Å²) in [5.41, 5.74) is 11.6. The van der Waals surface area contributed by atoms with Gasteiger partial charge >= 0.3 is 13.9 Å². The lowest BCUT2D eigenvalue weighted by atomic mass is 10.1. The van der Waals surface area contributed by atoms with Crippen LogP contribution >= 0.6 is 20.0 Å². The highest BCUT2D eigenvalue weighted by Gasteiger charge is 2.48. The van der Waals surface area contributed by atoms with Crippen molar-refractivity contribution >= 4 is 43.2 Å². The Balaban J connectivity index is 1.93. The average Bonchev–Trinajstić information content (AvgIpc) is 3.20. The highest BCUT2D eigenvalue weighted by molar-refractivity contribution is 7.71. The Bertz CT molecular complexity index is 1020. The van der Waals surface area contributed by atoms with Crippen LogP contribution < -0.4 is 16.8 Å². The fourth-order valence-corrected chi connectivity index (χ4v) is 3.45. The summed E-state index contributed by atoms with van der Waals surface area (Å²) in [6, 6.07) is 0. The number of phosphoric acid groups is 1. The molecule has 0 aromatic carbocycles. The molecule has 0 saturated carbocycles. The molecular formula is C13H20N7O8PS. The first kappa shape index (κ1) is 22.5. The Labute approximate surface area is 173 Å². The van der Waals surface area contributed by atoms with E-state index in [4.69, 9.17) is 42.9 Å². The fourth-order valence-electron chi connectivity index (χ4n) is 2.86. The van der Waals surface area contributed by atoms with Gasteiger partial charge in [-0.2, -0.15) is 0 Å². The van der Waals surface area contributed by atoms with Crippen molar-refractivity contribution in [2.24, 2.45) is 5.73 Å². The largest absolute Gasteiger partial charge is 0.469 e. The highest BCUT2D eigenvalue weighted by Crippen LogP contribution is 2.39. The van der Waals surface area contributed by atoms with E-state index in [1.807, 2.05) is 0 Å². The molecule has 1 amide bonds. The predicted molar refractivity (Wildman–Crippen MR) is 102 cm³/mol. The SMILES string of the molecule is NCCNC(=O)O[C@@H]1[C@H](O)[C@@H](COP(=O)(O)O)O[C@H]1n1cnc2c(=S)nc(N)[nH]c21. The minimum absolute atomic E-state index is 0.00710. The average molecular weight is 465 g/mol. The van der Waals surface area contributed by atoms with Gasteiger partial charge in [-0.05, 0) is 0 Å². The molecule has 0 unspecified atom stereocenters. The molecule has 9 N–H and O–H groups in total. The Morgan fingerprint density at radius 3 is 2.90 bits per heavy atom. The van der Waals surface area contributed by atoms with Crippen LogP contribution in [0.5, 0.6) is 0 Å². The number of H-pyrrole nitrogens is 1. The maximum atomic E-state index is 12.0. The third kappa shape index (κ3) is 4.93.